The van der Waals surface area contributed by atoms with Crippen LogP contribution in [-0.2, 0) is 0 Å². The molecule has 0 fully saturated rings. The molecule has 5 nitrogen and oxygen atoms in total. The van der Waals surface area contributed by atoms with Crippen molar-refractivity contribution < 1.29 is 9.53 Å². The third-order valence-electron chi connectivity index (χ3n) is 2.98. The van der Waals surface area contributed by atoms with Gasteiger partial charge in [0, 0.05) is 5.56 Å². The number of para-hydroxylation sites is 1. The maximum Gasteiger partial charge on any atom is 0.269 e. The molecule has 1 amide bonds. The van der Waals surface area contributed by atoms with E-state index in [0.717, 1.165) is 4.70 Å². The molecule has 0 saturated carbocycles. The van der Waals surface area contributed by atoms with E-state index in [1.165, 1.54) is 11.3 Å². The molecule has 7 heteroatoms. The van der Waals surface area contributed by atoms with Gasteiger partial charge in [0.1, 0.15) is 11.3 Å². The van der Waals surface area contributed by atoms with Crippen LogP contribution in [0.3, 0.4) is 0 Å². The van der Waals surface area contributed by atoms with Crippen LogP contribution in [0.25, 0.3) is 10.2 Å². The zero-order valence-electron chi connectivity index (χ0n) is 11.6. The number of thiazole rings is 1. The van der Waals surface area contributed by atoms with Gasteiger partial charge in [-0.25, -0.2) is 4.98 Å². The lowest BCUT2D eigenvalue weighted by atomic mass is 10.2. The van der Waals surface area contributed by atoms with Crippen molar-refractivity contribution in [2.75, 3.05) is 12.5 Å². The first-order chi connectivity index (χ1) is 10.7. The van der Waals surface area contributed by atoms with Crippen molar-refractivity contribution >= 4 is 44.2 Å². The van der Waals surface area contributed by atoms with Crippen molar-refractivity contribution in [1.29, 1.82) is 0 Å². The Morgan fingerprint density at radius 3 is 2.86 bits per heavy atom. The fraction of sp³-hybridized carbons (Fsp3) is 0.0667. The smallest absolute Gasteiger partial charge is 0.269 e. The summed E-state index contributed by atoms with van der Waals surface area (Å²) in [7, 11) is 1.56. The van der Waals surface area contributed by atoms with Crippen molar-refractivity contribution in [3.05, 3.63) is 53.1 Å². The molecule has 1 heterocycles. The van der Waals surface area contributed by atoms with Gasteiger partial charge >= 0.3 is 0 Å². The van der Waals surface area contributed by atoms with Gasteiger partial charge in [0.2, 0.25) is 5.13 Å². The average molecular weight is 334 g/mol. The average Bonchev–Trinajstić information content (AvgIpc) is 2.97. The molecule has 0 radical (unpaired) electrons. The number of nitrogens with one attached hydrogen (secondary N) is 2. The van der Waals surface area contributed by atoms with Crippen LogP contribution < -0.4 is 15.6 Å². The van der Waals surface area contributed by atoms with E-state index in [9.17, 15) is 4.79 Å². The highest BCUT2D eigenvalue weighted by molar-refractivity contribution is 7.22. The molecule has 2 aromatic carbocycles. The lowest BCUT2D eigenvalue weighted by Crippen LogP contribution is -2.29. The van der Waals surface area contributed by atoms with E-state index < -0.39 is 0 Å². The second-order valence-electron chi connectivity index (χ2n) is 4.42. The van der Waals surface area contributed by atoms with E-state index in [1.54, 1.807) is 37.4 Å². The summed E-state index contributed by atoms with van der Waals surface area (Å²) in [5, 5.41) is 1.15. The lowest BCUT2D eigenvalue weighted by Gasteiger charge is -2.06. The molecule has 0 unspecified atom stereocenters. The molecule has 2 N–H and O–H groups in total. The summed E-state index contributed by atoms with van der Waals surface area (Å²) < 4.78 is 6.05. The van der Waals surface area contributed by atoms with Gasteiger partial charge in [-0.2, -0.15) is 0 Å². The van der Waals surface area contributed by atoms with Crippen molar-refractivity contribution in [1.82, 2.24) is 10.4 Å². The maximum absolute atomic E-state index is 12.1. The van der Waals surface area contributed by atoms with E-state index >= 15 is 0 Å². The third kappa shape index (κ3) is 2.98. The number of carbonyl (C=O) groups is 1. The van der Waals surface area contributed by atoms with Crippen LogP contribution in [0.15, 0.2) is 42.5 Å². The minimum atomic E-state index is -0.274. The fourth-order valence-electron chi connectivity index (χ4n) is 1.92. The number of benzene rings is 2. The Morgan fingerprint density at radius 1 is 1.27 bits per heavy atom. The van der Waals surface area contributed by atoms with Gasteiger partial charge in [-0.05, 0) is 30.3 Å². The molecular formula is C15H12ClN3O2S. The first kappa shape index (κ1) is 14.6. The van der Waals surface area contributed by atoms with Gasteiger partial charge in [-0.3, -0.25) is 15.6 Å². The first-order valence-electron chi connectivity index (χ1n) is 6.43. The number of aromatic nitrogens is 1. The first-order valence-corrected chi connectivity index (χ1v) is 7.62. The predicted molar refractivity (Wildman–Crippen MR) is 88.7 cm³/mol. The molecule has 22 heavy (non-hydrogen) atoms. The number of methoxy groups -OCH3 is 1. The second kappa shape index (κ2) is 6.21. The molecule has 0 aliphatic heterocycles. The Morgan fingerprint density at radius 2 is 2.09 bits per heavy atom. The number of halogens is 1. The van der Waals surface area contributed by atoms with Crippen LogP contribution in [0.4, 0.5) is 5.13 Å². The van der Waals surface area contributed by atoms with Crippen LogP contribution in [0, 0.1) is 0 Å². The van der Waals surface area contributed by atoms with Gasteiger partial charge in [-0.15, -0.1) is 0 Å². The van der Waals surface area contributed by atoms with Crippen LogP contribution in [0.5, 0.6) is 5.75 Å². The number of hydrogen-bond acceptors (Lipinski definition) is 5. The highest BCUT2D eigenvalue weighted by Gasteiger charge is 2.09. The normalized spacial score (nSPS) is 10.5. The Labute approximate surface area is 135 Å². The number of anilines is 1. The van der Waals surface area contributed by atoms with Crippen LogP contribution in [0.2, 0.25) is 5.02 Å². The van der Waals surface area contributed by atoms with E-state index in [2.05, 4.69) is 15.8 Å². The number of amides is 1. The van der Waals surface area contributed by atoms with Crippen molar-refractivity contribution in [3.63, 3.8) is 0 Å². The molecule has 1 aromatic heterocycles. The molecule has 0 atom stereocenters. The van der Waals surface area contributed by atoms with Gasteiger partial charge in [0.25, 0.3) is 5.91 Å². The zero-order chi connectivity index (χ0) is 15.5. The number of carbonyl (C=O) groups excluding carboxylic acids is 1. The largest absolute Gasteiger partial charge is 0.497 e. The SMILES string of the molecule is COc1cccc(C(=O)NNc2nc3c(Cl)cccc3s2)c1. The monoisotopic (exact) mass is 333 g/mol. The number of hydrazine groups is 1. The third-order valence-corrected chi connectivity index (χ3v) is 4.23. The molecule has 3 aromatic rings. The number of nitrogens with zero attached hydrogens (tertiary/aromatic N) is 1. The summed E-state index contributed by atoms with van der Waals surface area (Å²) in [5.41, 5.74) is 6.62. The van der Waals surface area contributed by atoms with Gasteiger partial charge < -0.3 is 4.74 Å². The van der Waals surface area contributed by atoms with Crippen molar-refractivity contribution in [2.24, 2.45) is 0 Å². The van der Waals surface area contributed by atoms with E-state index in [1.807, 2.05) is 12.1 Å². The predicted octanol–water partition coefficient (Wildman–Crippen LogP) is 3.72. The van der Waals surface area contributed by atoms with Gasteiger partial charge in [0.15, 0.2) is 0 Å². The summed E-state index contributed by atoms with van der Waals surface area (Å²) in [4.78, 5) is 16.4. The van der Waals surface area contributed by atoms with Crippen molar-refractivity contribution in [3.8, 4) is 5.75 Å². The van der Waals surface area contributed by atoms with Crippen LogP contribution >= 0.6 is 22.9 Å². The molecular weight excluding hydrogens is 322 g/mol. The Bertz CT molecular complexity index is 835. The van der Waals surface area contributed by atoms with Crippen LogP contribution in [-0.4, -0.2) is 18.0 Å². The second-order valence-corrected chi connectivity index (χ2v) is 5.85. The van der Waals surface area contributed by atoms with Crippen molar-refractivity contribution in [2.45, 2.75) is 0 Å². The number of ether oxygens (including phenoxy) is 1. The molecule has 0 saturated heterocycles. The van der Waals surface area contributed by atoms with Gasteiger partial charge in [0.05, 0.1) is 16.8 Å². The molecule has 0 aliphatic rings. The molecule has 0 spiro atoms. The topological polar surface area (TPSA) is 63.2 Å². The van der Waals surface area contributed by atoms with Gasteiger partial charge in [-0.1, -0.05) is 35.1 Å². The Hall–Kier alpha value is -2.31. The lowest BCUT2D eigenvalue weighted by molar-refractivity contribution is 0.0962. The molecule has 0 bridgehead atoms. The number of fused-ring (bicyclic) bond motifs is 1. The summed E-state index contributed by atoms with van der Waals surface area (Å²) >= 11 is 7.49. The summed E-state index contributed by atoms with van der Waals surface area (Å²) in [6, 6.07) is 12.5. The Kier molecular flexibility index (Phi) is 4.13. The standard InChI is InChI=1S/C15H12ClN3O2S/c1-21-10-5-2-4-9(8-10)14(20)18-19-15-17-13-11(16)6-3-7-12(13)22-15/h2-8H,1H3,(H,17,19)(H,18,20). The maximum atomic E-state index is 12.1. The molecule has 0 aliphatic carbocycles. The quantitative estimate of drug-likeness (QED) is 0.714. The van der Waals surface area contributed by atoms with E-state index in [-0.39, 0.29) is 5.91 Å². The molecule has 112 valence electrons. The fourth-order valence-corrected chi connectivity index (χ4v) is 3.03. The number of rotatable bonds is 4. The number of hydrogen-bond donors (Lipinski definition) is 2. The summed E-state index contributed by atoms with van der Waals surface area (Å²) in [5.74, 6) is 0.351. The Balaban J connectivity index is 1.73. The molecule has 3 rings (SSSR count). The highest BCUT2D eigenvalue weighted by atomic mass is 35.5. The zero-order valence-corrected chi connectivity index (χ0v) is 13.2. The van der Waals surface area contributed by atoms with Crippen LogP contribution in [0.1, 0.15) is 10.4 Å². The highest BCUT2D eigenvalue weighted by Crippen LogP contribution is 2.30. The van der Waals surface area contributed by atoms with E-state index in [4.69, 9.17) is 16.3 Å². The minimum absolute atomic E-state index is 0.274. The summed E-state index contributed by atoms with van der Waals surface area (Å²) in [6.45, 7) is 0. The minimum Gasteiger partial charge on any atom is -0.497 e. The van der Waals surface area contributed by atoms with E-state index in [0.29, 0.717) is 27.0 Å². The summed E-state index contributed by atoms with van der Waals surface area (Å²) in [6.07, 6.45) is 0.